The summed E-state index contributed by atoms with van der Waals surface area (Å²) in [7, 11) is 0. The first-order chi connectivity index (χ1) is 7.29. The summed E-state index contributed by atoms with van der Waals surface area (Å²) in [4.78, 5) is 4.39. The van der Waals surface area contributed by atoms with Crippen LogP contribution < -0.4 is 0 Å². The zero-order valence-electron chi connectivity index (χ0n) is 9.08. The highest BCUT2D eigenvalue weighted by molar-refractivity contribution is 6.17. The van der Waals surface area contributed by atoms with Gasteiger partial charge < -0.3 is 4.52 Å². The fourth-order valence-corrected chi connectivity index (χ4v) is 2.30. The van der Waals surface area contributed by atoms with Gasteiger partial charge in [0.05, 0.1) is 0 Å². The third-order valence-electron chi connectivity index (χ3n) is 3.17. The second-order valence-electron chi connectivity index (χ2n) is 4.44. The molecule has 1 saturated carbocycles. The van der Waals surface area contributed by atoms with Crippen LogP contribution in [0, 0.1) is 5.92 Å². The van der Waals surface area contributed by atoms with Crippen molar-refractivity contribution in [1.29, 1.82) is 0 Å². The molecule has 0 aliphatic heterocycles. The Labute approximate surface area is 95.2 Å². The van der Waals surface area contributed by atoms with Crippen molar-refractivity contribution in [3.63, 3.8) is 0 Å². The molecule has 0 spiro atoms. The Kier molecular flexibility index (Phi) is 3.62. The lowest BCUT2D eigenvalue weighted by Gasteiger charge is -2.23. The number of alkyl halides is 1. The highest BCUT2D eigenvalue weighted by Gasteiger charge is 2.23. The largest absolute Gasteiger partial charge is 0.339 e. The van der Waals surface area contributed by atoms with Crippen molar-refractivity contribution >= 4 is 11.6 Å². The lowest BCUT2D eigenvalue weighted by Crippen LogP contribution is -2.12. The fourth-order valence-electron chi connectivity index (χ4n) is 2.13. The molecule has 1 aliphatic carbocycles. The number of rotatable bonds is 3. The topological polar surface area (TPSA) is 38.9 Å². The Balaban J connectivity index is 1.96. The molecule has 3 nitrogen and oxygen atoms in total. The van der Waals surface area contributed by atoms with Crippen LogP contribution in [-0.2, 0) is 6.42 Å². The monoisotopic (exact) mass is 228 g/mol. The molecule has 1 heterocycles. The van der Waals surface area contributed by atoms with E-state index in [1.807, 2.05) is 0 Å². The average Bonchev–Trinajstić information content (AvgIpc) is 2.68. The zero-order valence-corrected chi connectivity index (χ0v) is 9.83. The summed E-state index contributed by atoms with van der Waals surface area (Å²) in [6.45, 7) is 2.31. The number of hydrogen-bond donors (Lipinski definition) is 0. The molecule has 84 valence electrons. The molecule has 1 aliphatic rings. The smallest absolute Gasteiger partial charge is 0.227 e. The number of nitrogens with zero attached hydrogens (tertiary/aromatic N) is 2. The van der Waals surface area contributed by atoms with Crippen molar-refractivity contribution in [2.45, 2.75) is 44.9 Å². The maximum atomic E-state index is 5.62. The summed E-state index contributed by atoms with van der Waals surface area (Å²) in [5, 5.41) is 4.04. The first-order valence-corrected chi connectivity index (χ1v) is 6.21. The second kappa shape index (κ2) is 4.97. The third-order valence-corrected chi connectivity index (χ3v) is 3.36. The number of hydrogen-bond acceptors (Lipinski definition) is 3. The average molecular weight is 229 g/mol. The van der Waals surface area contributed by atoms with Crippen LogP contribution in [0.3, 0.4) is 0 Å². The van der Waals surface area contributed by atoms with Crippen LogP contribution >= 0.6 is 11.6 Å². The summed E-state index contributed by atoms with van der Waals surface area (Å²) in [5.41, 5.74) is 0. The molecule has 0 amide bonds. The van der Waals surface area contributed by atoms with Crippen molar-refractivity contribution in [2.24, 2.45) is 5.92 Å². The molecule has 0 N–H and O–H groups in total. The van der Waals surface area contributed by atoms with Gasteiger partial charge in [0.2, 0.25) is 5.89 Å². The van der Waals surface area contributed by atoms with Gasteiger partial charge in [0, 0.05) is 18.2 Å². The Hall–Kier alpha value is -0.570. The molecule has 0 saturated heterocycles. The number of aromatic nitrogens is 2. The molecule has 1 aromatic rings. The zero-order chi connectivity index (χ0) is 10.7. The molecule has 2 rings (SSSR count). The standard InChI is InChI=1S/C11H17ClN2O/c1-8-2-4-9(5-3-8)11-13-10(6-7-12)15-14-11/h8-9H,2-7H2,1H3. The van der Waals surface area contributed by atoms with Crippen molar-refractivity contribution in [3.05, 3.63) is 11.7 Å². The van der Waals surface area contributed by atoms with E-state index < -0.39 is 0 Å². The molecule has 0 radical (unpaired) electrons. The minimum atomic E-state index is 0.508. The number of halogens is 1. The molecule has 4 heteroatoms. The van der Waals surface area contributed by atoms with Gasteiger partial charge in [-0.05, 0) is 18.8 Å². The fraction of sp³-hybridized carbons (Fsp3) is 0.818. The van der Waals surface area contributed by atoms with Gasteiger partial charge in [0.1, 0.15) is 0 Å². The summed E-state index contributed by atoms with van der Waals surface area (Å²) in [6, 6.07) is 0. The van der Waals surface area contributed by atoms with Gasteiger partial charge in [-0.2, -0.15) is 4.98 Å². The van der Waals surface area contributed by atoms with Gasteiger partial charge in [0.25, 0.3) is 0 Å². The number of aryl methyl sites for hydroxylation is 1. The van der Waals surface area contributed by atoms with E-state index in [1.165, 1.54) is 25.7 Å². The second-order valence-corrected chi connectivity index (χ2v) is 4.82. The van der Waals surface area contributed by atoms with Crippen LogP contribution in [-0.4, -0.2) is 16.0 Å². The van der Waals surface area contributed by atoms with Gasteiger partial charge in [0.15, 0.2) is 5.82 Å². The van der Waals surface area contributed by atoms with Gasteiger partial charge in [-0.25, -0.2) is 0 Å². The van der Waals surface area contributed by atoms with Gasteiger partial charge in [-0.1, -0.05) is 24.9 Å². The van der Waals surface area contributed by atoms with E-state index in [0.717, 1.165) is 11.7 Å². The molecule has 0 aromatic carbocycles. The molecule has 1 fully saturated rings. The van der Waals surface area contributed by atoms with Gasteiger partial charge in [-0.15, -0.1) is 11.6 Å². The normalized spacial score (nSPS) is 26.8. The molecule has 15 heavy (non-hydrogen) atoms. The predicted octanol–water partition coefficient (Wildman–Crippen LogP) is 3.14. The highest BCUT2D eigenvalue weighted by atomic mass is 35.5. The molecular formula is C11H17ClN2O. The molecular weight excluding hydrogens is 212 g/mol. The summed E-state index contributed by atoms with van der Waals surface area (Å²) >= 11 is 5.62. The van der Waals surface area contributed by atoms with Crippen molar-refractivity contribution in [3.8, 4) is 0 Å². The highest BCUT2D eigenvalue weighted by Crippen LogP contribution is 2.33. The van der Waals surface area contributed by atoms with Gasteiger partial charge >= 0.3 is 0 Å². The van der Waals surface area contributed by atoms with Crippen LogP contribution in [0.2, 0.25) is 0 Å². The Morgan fingerprint density at radius 3 is 2.73 bits per heavy atom. The molecule has 0 bridgehead atoms. The van der Waals surface area contributed by atoms with Crippen LogP contribution in [0.1, 0.15) is 50.2 Å². The molecule has 0 unspecified atom stereocenters. The third kappa shape index (κ3) is 2.71. The van der Waals surface area contributed by atoms with Crippen LogP contribution in [0.15, 0.2) is 4.52 Å². The van der Waals surface area contributed by atoms with E-state index in [9.17, 15) is 0 Å². The summed E-state index contributed by atoms with van der Waals surface area (Å²) in [6.07, 6.45) is 5.63. The first-order valence-electron chi connectivity index (χ1n) is 5.68. The van der Waals surface area contributed by atoms with Crippen LogP contribution in [0.5, 0.6) is 0 Å². The predicted molar refractivity (Wildman–Crippen MR) is 59.1 cm³/mol. The quantitative estimate of drug-likeness (QED) is 0.746. The maximum Gasteiger partial charge on any atom is 0.227 e. The lowest BCUT2D eigenvalue weighted by molar-refractivity contribution is 0.324. The molecule has 1 aromatic heterocycles. The maximum absolute atomic E-state index is 5.62. The van der Waals surface area contributed by atoms with E-state index in [0.29, 0.717) is 24.1 Å². The summed E-state index contributed by atoms with van der Waals surface area (Å²) < 4.78 is 5.14. The van der Waals surface area contributed by atoms with E-state index in [-0.39, 0.29) is 0 Å². The van der Waals surface area contributed by atoms with Crippen molar-refractivity contribution in [2.75, 3.05) is 5.88 Å². The van der Waals surface area contributed by atoms with Crippen LogP contribution in [0.25, 0.3) is 0 Å². The summed E-state index contributed by atoms with van der Waals surface area (Å²) in [5.74, 6) is 3.48. The SMILES string of the molecule is CC1CCC(c2noc(CCCl)n2)CC1. The van der Waals surface area contributed by atoms with E-state index in [2.05, 4.69) is 17.1 Å². The minimum Gasteiger partial charge on any atom is -0.339 e. The van der Waals surface area contributed by atoms with E-state index in [4.69, 9.17) is 16.1 Å². The van der Waals surface area contributed by atoms with Crippen LogP contribution in [0.4, 0.5) is 0 Å². The molecule has 0 atom stereocenters. The lowest BCUT2D eigenvalue weighted by atomic mass is 9.83. The Bertz CT molecular complexity index is 305. The van der Waals surface area contributed by atoms with E-state index >= 15 is 0 Å². The van der Waals surface area contributed by atoms with E-state index in [1.54, 1.807) is 0 Å². The Morgan fingerprint density at radius 2 is 2.07 bits per heavy atom. The first kappa shape index (κ1) is 10.9. The van der Waals surface area contributed by atoms with Gasteiger partial charge in [-0.3, -0.25) is 0 Å². The van der Waals surface area contributed by atoms with Crippen molar-refractivity contribution in [1.82, 2.24) is 10.1 Å². The minimum absolute atomic E-state index is 0.508. The Morgan fingerprint density at radius 1 is 1.33 bits per heavy atom. The van der Waals surface area contributed by atoms with Crippen molar-refractivity contribution < 1.29 is 4.52 Å².